The lowest BCUT2D eigenvalue weighted by molar-refractivity contribution is 0.164. The molecule has 0 spiro atoms. The number of benzene rings is 1. The molecule has 78 valence electrons. The number of hydrogen-bond acceptors (Lipinski definition) is 1. The number of aliphatic hydroxyl groups excluding tert-OH is 1. The highest BCUT2D eigenvalue weighted by Gasteiger charge is 2.11. The molecule has 0 aliphatic carbocycles. The summed E-state index contributed by atoms with van der Waals surface area (Å²) in [5.74, 6) is 0. The summed E-state index contributed by atoms with van der Waals surface area (Å²) in [5, 5.41) is 10.6. The maximum absolute atomic E-state index is 9.87. The van der Waals surface area contributed by atoms with E-state index >= 15 is 0 Å². The van der Waals surface area contributed by atoms with Crippen molar-refractivity contribution in [3.63, 3.8) is 0 Å². The zero-order valence-electron chi connectivity index (χ0n) is 8.76. The third kappa shape index (κ3) is 2.73. The maximum Gasteiger partial charge on any atom is 0.0804 e. The van der Waals surface area contributed by atoms with Gasteiger partial charge in [0, 0.05) is 5.02 Å². The summed E-state index contributed by atoms with van der Waals surface area (Å²) in [7, 11) is 0. The molecule has 1 unspecified atom stereocenters. The highest BCUT2D eigenvalue weighted by Crippen LogP contribution is 2.28. The van der Waals surface area contributed by atoms with Crippen LogP contribution in [0.15, 0.2) is 18.2 Å². The van der Waals surface area contributed by atoms with Gasteiger partial charge in [0.15, 0.2) is 0 Å². The first-order chi connectivity index (χ1) is 6.66. The number of aliphatic hydroxyl groups is 1. The molecule has 0 radical (unpaired) electrons. The van der Waals surface area contributed by atoms with E-state index in [-0.39, 0.29) is 0 Å². The van der Waals surface area contributed by atoms with Gasteiger partial charge in [0.2, 0.25) is 0 Å². The minimum absolute atomic E-state index is 0.414. The van der Waals surface area contributed by atoms with E-state index in [0.717, 1.165) is 30.4 Å². The lowest BCUT2D eigenvalue weighted by atomic mass is 10.0. The van der Waals surface area contributed by atoms with Crippen LogP contribution in [-0.2, 0) is 0 Å². The Hall–Kier alpha value is -0.530. The molecule has 0 saturated carbocycles. The van der Waals surface area contributed by atoms with Crippen LogP contribution in [0.4, 0.5) is 0 Å². The standard InChI is InChI=1S/C12H17ClO/c1-3-4-8-11(14)10-7-5-6-9(2)12(10)13/h5-7,11,14H,3-4,8H2,1-2H3. The Morgan fingerprint density at radius 1 is 1.43 bits per heavy atom. The molecule has 1 nitrogen and oxygen atoms in total. The van der Waals surface area contributed by atoms with Crippen LogP contribution in [0.2, 0.25) is 5.02 Å². The Balaban J connectivity index is 2.79. The van der Waals surface area contributed by atoms with Crippen molar-refractivity contribution in [1.82, 2.24) is 0 Å². The second kappa shape index (κ2) is 5.38. The average Bonchev–Trinajstić information content (AvgIpc) is 2.18. The van der Waals surface area contributed by atoms with E-state index in [9.17, 15) is 5.11 Å². The molecule has 14 heavy (non-hydrogen) atoms. The molecule has 0 saturated heterocycles. The summed E-state index contributed by atoms with van der Waals surface area (Å²) in [6.07, 6.45) is 2.51. The van der Waals surface area contributed by atoms with Gasteiger partial charge in [0.25, 0.3) is 0 Å². The van der Waals surface area contributed by atoms with Crippen molar-refractivity contribution >= 4 is 11.6 Å². The summed E-state index contributed by atoms with van der Waals surface area (Å²) in [6, 6.07) is 5.79. The molecule has 0 heterocycles. The zero-order valence-corrected chi connectivity index (χ0v) is 9.51. The third-order valence-electron chi connectivity index (χ3n) is 2.41. The molecule has 1 atom stereocenters. The fraction of sp³-hybridized carbons (Fsp3) is 0.500. The number of unbranched alkanes of at least 4 members (excludes halogenated alkanes) is 1. The van der Waals surface area contributed by atoms with Crippen molar-refractivity contribution in [1.29, 1.82) is 0 Å². The number of rotatable bonds is 4. The molecule has 0 amide bonds. The normalized spacial score (nSPS) is 12.9. The molecule has 0 fully saturated rings. The van der Waals surface area contributed by atoms with Gasteiger partial charge in [0.1, 0.15) is 0 Å². The topological polar surface area (TPSA) is 20.2 Å². The Labute approximate surface area is 90.7 Å². The molecule has 0 aliphatic heterocycles. The van der Waals surface area contributed by atoms with Gasteiger partial charge in [-0.15, -0.1) is 0 Å². The lowest BCUT2D eigenvalue weighted by Crippen LogP contribution is -1.99. The molecule has 1 N–H and O–H groups in total. The van der Waals surface area contributed by atoms with E-state index in [4.69, 9.17) is 11.6 Å². The first-order valence-electron chi connectivity index (χ1n) is 5.10. The molecule has 0 bridgehead atoms. The van der Waals surface area contributed by atoms with E-state index in [1.54, 1.807) is 0 Å². The van der Waals surface area contributed by atoms with Gasteiger partial charge < -0.3 is 5.11 Å². The summed E-state index contributed by atoms with van der Waals surface area (Å²) in [4.78, 5) is 0. The van der Waals surface area contributed by atoms with Crippen LogP contribution in [0.1, 0.15) is 43.4 Å². The molecule has 0 aliphatic rings. The molecule has 1 rings (SSSR count). The van der Waals surface area contributed by atoms with Crippen molar-refractivity contribution in [3.8, 4) is 0 Å². The fourth-order valence-electron chi connectivity index (χ4n) is 1.48. The number of hydrogen-bond donors (Lipinski definition) is 1. The average molecular weight is 213 g/mol. The highest BCUT2D eigenvalue weighted by atomic mass is 35.5. The first-order valence-corrected chi connectivity index (χ1v) is 5.47. The van der Waals surface area contributed by atoms with E-state index in [0.29, 0.717) is 5.02 Å². The molecular formula is C12H17ClO. The van der Waals surface area contributed by atoms with Crippen LogP contribution in [0.25, 0.3) is 0 Å². The van der Waals surface area contributed by atoms with Gasteiger partial charge in [-0.05, 0) is 24.5 Å². The van der Waals surface area contributed by atoms with Gasteiger partial charge in [-0.2, -0.15) is 0 Å². The first kappa shape index (κ1) is 11.5. The van der Waals surface area contributed by atoms with Crippen LogP contribution >= 0.6 is 11.6 Å². The number of aryl methyl sites for hydroxylation is 1. The van der Waals surface area contributed by atoms with Crippen LogP contribution in [-0.4, -0.2) is 5.11 Å². The van der Waals surface area contributed by atoms with Gasteiger partial charge in [-0.1, -0.05) is 49.6 Å². The van der Waals surface area contributed by atoms with Crippen LogP contribution in [0.5, 0.6) is 0 Å². The molecule has 2 heteroatoms. The van der Waals surface area contributed by atoms with E-state index in [2.05, 4.69) is 6.92 Å². The summed E-state index contributed by atoms with van der Waals surface area (Å²) >= 11 is 6.11. The van der Waals surface area contributed by atoms with Gasteiger partial charge in [-0.3, -0.25) is 0 Å². The van der Waals surface area contributed by atoms with Gasteiger partial charge in [-0.25, -0.2) is 0 Å². The van der Waals surface area contributed by atoms with Crippen molar-refractivity contribution < 1.29 is 5.11 Å². The quantitative estimate of drug-likeness (QED) is 0.804. The SMILES string of the molecule is CCCCC(O)c1cccc(C)c1Cl. The van der Waals surface area contributed by atoms with Crippen LogP contribution in [0.3, 0.4) is 0 Å². The smallest absolute Gasteiger partial charge is 0.0804 e. The van der Waals surface area contributed by atoms with Crippen LogP contribution in [0, 0.1) is 6.92 Å². The molecule has 1 aromatic carbocycles. The van der Waals surface area contributed by atoms with Crippen molar-refractivity contribution in [2.45, 2.75) is 39.2 Å². The number of halogens is 1. The second-order valence-electron chi connectivity index (χ2n) is 3.64. The Kier molecular flexibility index (Phi) is 4.43. The maximum atomic E-state index is 9.87. The Morgan fingerprint density at radius 2 is 2.14 bits per heavy atom. The van der Waals surface area contributed by atoms with Gasteiger partial charge in [0.05, 0.1) is 6.10 Å². The lowest BCUT2D eigenvalue weighted by Gasteiger charge is -2.13. The van der Waals surface area contributed by atoms with Crippen molar-refractivity contribution in [2.75, 3.05) is 0 Å². The molecule has 0 aromatic heterocycles. The largest absolute Gasteiger partial charge is 0.388 e. The summed E-state index contributed by atoms with van der Waals surface area (Å²) in [5.41, 5.74) is 1.89. The Bertz CT molecular complexity index is 296. The van der Waals surface area contributed by atoms with E-state index in [1.165, 1.54) is 0 Å². The summed E-state index contributed by atoms with van der Waals surface area (Å²) < 4.78 is 0. The van der Waals surface area contributed by atoms with E-state index in [1.807, 2.05) is 25.1 Å². The Morgan fingerprint density at radius 3 is 2.79 bits per heavy atom. The molecule has 1 aromatic rings. The van der Waals surface area contributed by atoms with E-state index < -0.39 is 6.10 Å². The van der Waals surface area contributed by atoms with Crippen LogP contribution < -0.4 is 0 Å². The van der Waals surface area contributed by atoms with Crippen molar-refractivity contribution in [3.05, 3.63) is 34.3 Å². The molecular weight excluding hydrogens is 196 g/mol. The second-order valence-corrected chi connectivity index (χ2v) is 4.01. The zero-order chi connectivity index (χ0) is 10.6. The predicted molar refractivity (Wildman–Crippen MR) is 60.7 cm³/mol. The fourth-order valence-corrected chi connectivity index (χ4v) is 1.73. The predicted octanol–water partition coefficient (Wildman–Crippen LogP) is 3.87. The summed E-state index contributed by atoms with van der Waals surface area (Å²) in [6.45, 7) is 4.07. The minimum atomic E-state index is -0.414. The third-order valence-corrected chi connectivity index (χ3v) is 2.93. The monoisotopic (exact) mass is 212 g/mol. The van der Waals surface area contributed by atoms with Crippen molar-refractivity contribution in [2.24, 2.45) is 0 Å². The van der Waals surface area contributed by atoms with Gasteiger partial charge >= 0.3 is 0 Å². The highest BCUT2D eigenvalue weighted by molar-refractivity contribution is 6.32. The minimum Gasteiger partial charge on any atom is -0.388 e.